The highest BCUT2D eigenvalue weighted by Crippen LogP contribution is 2.17. The van der Waals surface area contributed by atoms with Gasteiger partial charge in [0.1, 0.15) is 5.15 Å². The fourth-order valence-electron chi connectivity index (χ4n) is 1.23. The number of aliphatic hydroxyl groups excluding tert-OH is 1. The van der Waals surface area contributed by atoms with Crippen molar-refractivity contribution >= 4 is 33.4 Å². The first-order chi connectivity index (χ1) is 8.04. The van der Waals surface area contributed by atoms with Gasteiger partial charge in [0.2, 0.25) is 0 Å². The van der Waals surface area contributed by atoms with Crippen LogP contribution in [0.4, 0.5) is 0 Å². The Balaban J connectivity index is 2.55. The zero-order chi connectivity index (χ0) is 12.8. The molecule has 1 heterocycles. The Labute approximate surface area is 114 Å². The molecule has 0 saturated carbocycles. The van der Waals surface area contributed by atoms with Gasteiger partial charge in [-0.15, -0.1) is 0 Å². The van der Waals surface area contributed by atoms with E-state index >= 15 is 0 Å². The molecule has 1 aromatic heterocycles. The van der Waals surface area contributed by atoms with Crippen molar-refractivity contribution in [2.24, 2.45) is 0 Å². The Bertz CT molecular complexity index is 401. The van der Waals surface area contributed by atoms with Crippen LogP contribution in [-0.2, 0) is 0 Å². The number of pyridine rings is 1. The number of nitrogens with one attached hydrogen (secondary N) is 1. The zero-order valence-electron chi connectivity index (χ0n) is 9.41. The second kappa shape index (κ2) is 6.93. The number of aliphatic hydroxyl groups is 1. The van der Waals surface area contributed by atoms with Gasteiger partial charge in [-0.3, -0.25) is 4.79 Å². The minimum Gasteiger partial charge on any atom is -0.393 e. The minimum atomic E-state index is -0.383. The van der Waals surface area contributed by atoms with Gasteiger partial charge in [-0.1, -0.05) is 18.5 Å². The van der Waals surface area contributed by atoms with E-state index in [1.165, 1.54) is 6.20 Å². The molecule has 94 valence electrons. The number of amides is 1. The zero-order valence-corrected chi connectivity index (χ0v) is 11.8. The lowest BCUT2D eigenvalue weighted by molar-refractivity contribution is 0.0941. The average Bonchev–Trinajstić information content (AvgIpc) is 2.31. The Morgan fingerprint density at radius 1 is 1.71 bits per heavy atom. The lowest BCUT2D eigenvalue weighted by atomic mass is 10.2. The van der Waals surface area contributed by atoms with Crippen molar-refractivity contribution in [1.29, 1.82) is 0 Å². The number of hydrogen-bond donors (Lipinski definition) is 2. The summed E-state index contributed by atoms with van der Waals surface area (Å²) in [6.45, 7) is 2.30. The molecule has 0 fully saturated rings. The standard InChI is InChI=1S/C11H14BrClN2O2/c1-2-8(16)3-4-14-11(17)9-5-7(12)6-15-10(9)13/h5-6,8,16H,2-4H2,1H3,(H,14,17). The van der Waals surface area contributed by atoms with E-state index in [1.807, 2.05) is 6.92 Å². The molecule has 2 N–H and O–H groups in total. The fourth-order valence-corrected chi connectivity index (χ4v) is 1.75. The number of halogens is 2. The van der Waals surface area contributed by atoms with Gasteiger partial charge in [-0.25, -0.2) is 4.98 Å². The highest BCUT2D eigenvalue weighted by molar-refractivity contribution is 9.10. The van der Waals surface area contributed by atoms with Gasteiger partial charge in [-0.05, 0) is 34.8 Å². The van der Waals surface area contributed by atoms with Gasteiger partial charge in [0.05, 0.1) is 11.7 Å². The van der Waals surface area contributed by atoms with Crippen molar-refractivity contribution in [1.82, 2.24) is 10.3 Å². The van der Waals surface area contributed by atoms with Crippen LogP contribution < -0.4 is 5.32 Å². The van der Waals surface area contributed by atoms with Crippen molar-refractivity contribution in [3.8, 4) is 0 Å². The molecule has 0 aromatic carbocycles. The van der Waals surface area contributed by atoms with E-state index in [4.69, 9.17) is 11.6 Å². The number of rotatable bonds is 5. The monoisotopic (exact) mass is 320 g/mol. The van der Waals surface area contributed by atoms with E-state index in [9.17, 15) is 9.90 Å². The molecule has 0 aliphatic rings. The van der Waals surface area contributed by atoms with Gasteiger partial charge in [0.15, 0.2) is 0 Å². The number of carbonyl (C=O) groups excluding carboxylic acids is 1. The highest BCUT2D eigenvalue weighted by Gasteiger charge is 2.12. The lowest BCUT2D eigenvalue weighted by Crippen LogP contribution is -2.27. The van der Waals surface area contributed by atoms with Crippen molar-refractivity contribution < 1.29 is 9.90 Å². The van der Waals surface area contributed by atoms with E-state index in [2.05, 4.69) is 26.2 Å². The molecule has 0 spiro atoms. The first-order valence-corrected chi connectivity index (χ1v) is 6.49. The third-order valence-corrected chi connectivity index (χ3v) is 3.02. The minimum absolute atomic E-state index is 0.168. The van der Waals surface area contributed by atoms with E-state index in [-0.39, 0.29) is 17.2 Å². The highest BCUT2D eigenvalue weighted by atomic mass is 79.9. The second-order valence-electron chi connectivity index (χ2n) is 3.60. The second-order valence-corrected chi connectivity index (χ2v) is 4.87. The van der Waals surface area contributed by atoms with Crippen LogP contribution >= 0.6 is 27.5 Å². The maximum Gasteiger partial charge on any atom is 0.254 e. The number of hydrogen-bond acceptors (Lipinski definition) is 3. The van der Waals surface area contributed by atoms with E-state index in [1.54, 1.807) is 6.07 Å². The molecular formula is C11H14BrClN2O2. The summed E-state index contributed by atoms with van der Waals surface area (Å²) >= 11 is 9.04. The van der Waals surface area contributed by atoms with Crippen LogP contribution in [0.15, 0.2) is 16.7 Å². The molecule has 0 bridgehead atoms. The van der Waals surface area contributed by atoms with Crippen LogP contribution in [0.1, 0.15) is 30.1 Å². The van der Waals surface area contributed by atoms with Crippen molar-refractivity contribution in [2.75, 3.05) is 6.54 Å². The molecule has 1 rings (SSSR count). The maximum absolute atomic E-state index is 11.7. The van der Waals surface area contributed by atoms with Crippen LogP contribution in [0.3, 0.4) is 0 Å². The topological polar surface area (TPSA) is 62.2 Å². The predicted molar refractivity (Wildman–Crippen MR) is 70.2 cm³/mol. The summed E-state index contributed by atoms with van der Waals surface area (Å²) in [5.74, 6) is -0.285. The molecule has 0 saturated heterocycles. The van der Waals surface area contributed by atoms with Crippen LogP contribution in [0.25, 0.3) is 0 Å². The molecule has 0 aliphatic carbocycles. The van der Waals surface area contributed by atoms with Gasteiger partial charge in [-0.2, -0.15) is 0 Å². The van der Waals surface area contributed by atoms with E-state index in [0.29, 0.717) is 29.4 Å². The Morgan fingerprint density at radius 3 is 3.06 bits per heavy atom. The number of aromatic nitrogens is 1. The Hall–Kier alpha value is -0.650. The van der Waals surface area contributed by atoms with Gasteiger partial charge in [0.25, 0.3) is 5.91 Å². The first-order valence-electron chi connectivity index (χ1n) is 5.32. The molecule has 4 nitrogen and oxygen atoms in total. The SMILES string of the molecule is CCC(O)CCNC(=O)c1cc(Br)cnc1Cl. The van der Waals surface area contributed by atoms with Crippen molar-refractivity contribution in [2.45, 2.75) is 25.9 Å². The van der Waals surface area contributed by atoms with Gasteiger partial charge >= 0.3 is 0 Å². The molecule has 1 aromatic rings. The number of nitrogens with zero attached hydrogens (tertiary/aromatic N) is 1. The molecule has 17 heavy (non-hydrogen) atoms. The fraction of sp³-hybridized carbons (Fsp3) is 0.455. The molecule has 1 amide bonds. The smallest absolute Gasteiger partial charge is 0.254 e. The summed E-state index contributed by atoms with van der Waals surface area (Å²) in [6.07, 6.45) is 2.35. The molecular weight excluding hydrogens is 307 g/mol. The van der Waals surface area contributed by atoms with Gasteiger partial charge < -0.3 is 10.4 Å². The van der Waals surface area contributed by atoms with Crippen LogP contribution in [0, 0.1) is 0 Å². The maximum atomic E-state index is 11.7. The lowest BCUT2D eigenvalue weighted by Gasteiger charge is -2.09. The predicted octanol–water partition coefficient (Wildman–Crippen LogP) is 2.39. The molecule has 0 radical (unpaired) electrons. The van der Waals surface area contributed by atoms with E-state index in [0.717, 1.165) is 0 Å². The van der Waals surface area contributed by atoms with Crippen LogP contribution in [0.5, 0.6) is 0 Å². The van der Waals surface area contributed by atoms with Crippen LogP contribution in [0.2, 0.25) is 5.15 Å². The third-order valence-electron chi connectivity index (χ3n) is 2.28. The molecule has 6 heteroatoms. The Morgan fingerprint density at radius 2 is 2.41 bits per heavy atom. The van der Waals surface area contributed by atoms with Crippen molar-refractivity contribution in [3.05, 3.63) is 27.5 Å². The molecule has 1 atom stereocenters. The first kappa shape index (κ1) is 14.4. The third kappa shape index (κ3) is 4.61. The molecule has 0 aliphatic heterocycles. The summed E-state index contributed by atoms with van der Waals surface area (Å²) in [5.41, 5.74) is 0.326. The van der Waals surface area contributed by atoms with Crippen molar-refractivity contribution in [3.63, 3.8) is 0 Å². The Kier molecular flexibility index (Phi) is 5.88. The van der Waals surface area contributed by atoms with E-state index < -0.39 is 0 Å². The van der Waals surface area contributed by atoms with Crippen LogP contribution in [-0.4, -0.2) is 28.6 Å². The summed E-state index contributed by atoms with van der Waals surface area (Å²) < 4.78 is 0.695. The molecule has 1 unspecified atom stereocenters. The quantitative estimate of drug-likeness (QED) is 0.819. The summed E-state index contributed by atoms with van der Waals surface area (Å²) in [6, 6.07) is 1.61. The number of carbonyl (C=O) groups is 1. The summed E-state index contributed by atoms with van der Waals surface area (Å²) in [7, 11) is 0. The largest absolute Gasteiger partial charge is 0.393 e. The normalized spacial score (nSPS) is 12.2. The van der Waals surface area contributed by atoms with Gasteiger partial charge in [0, 0.05) is 17.2 Å². The average molecular weight is 322 g/mol. The summed E-state index contributed by atoms with van der Waals surface area (Å²) in [5, 5.41) is 12.2. The summed E-state index contributed by atoms with van der Waals surface area (Å²) in [4.78, 5) is 15.6.